The van der Waals surface area contributed by atoms with Crippen molar-refractivity contribution >= 4 is 27.2 Å². The van der Waals surface area contributed by atoms with Crippen molar-refractivity contribution in [3.63, 3.8) is 0 Å². The van der Waals surface area contributed by atoms with Gasteiger partial charge in [0.2, 0.25) is 5.82 Å². The number of rotatable bonds is 5. The highest BCUT2D eigenvalue weighted by Crippen LogP contribution is 2.44. The third-order valence-corrected chi connectivity index (χ3v) is 8.21. The summed E-state index contributed by atoms with van der Waals surface area (Å²) < 4.78 is 75.1. The second kappa shape index (κ2) is 9.59. The molecular weight excluding hydrogens is 547 g/mol. The van der Waals surface area contributed by atoms with Gasteiger partial charge >= 0.3 is 6.18 Å². The summed E-state index contributed by atoms with van der Waals surface area (Å²) >= 11 is 0. The van der Waals surface area contributed by atoms with Crippen LogP contribution in [0.15, 0.2) is 64.0 Å². The lowest BCUT2D eigenvalue weighted by molar-refractivity contribution is -0.141. The number of aromatic nitrogens is 3. The molecule has 40 heavy (non-hydrogen) atoms. The molecule has 1 aliphatic rings. The quantitative estimate of drug-likeness (QED) is 0.300. The van der Waals surface area contributed by atoms with Crippen LogP contribution < -0.4 is 9.62 Å². The molecular formula is C27H26F3N5O4S. The van der Waals surface area contributed by atoms with Gasteiger partial charge in [0.05, 0.1) is 22.8 Å². The smallest absolute Gasteiger partial charge is 0.381 e. The molecule has 0 saturated carbocycles. The Labute approximate surface area is 228 Å². The van der Waals surface area contributed by atoms with Crippen LogP contribution in [0.5, 0.6) is 0 Å². The van der Waals surface area contributed by atoms with Gasteiger partial charge in [-0.3, -0.25) is 4.31 Å². The number of halogens is 3. The van der Waals surface area contributed by atoms with Gasteiger partial charge in [-0.15, -0.1) is 0 Å². The summed E-state index contributed by atoms with van der Waals surface area (Å²) in [6.07, 6.45) is -4.70. The molecule has 0 spiro atoms. The second-order valence-electron chi connectivity index (χ2n) is 10.2. The number of nitrogens with one attached hydrogen (secondary N) is 1. The van der Waals surface area contributed by atoms with Crippen molar-refractivity contribution in [2.45, 2.75) is 56.8 Å². The van der Waals surface area contributed by atoms with Crippen LogP contribution in [0.2, 0.25) is 0 Å². The number of hydrogen-bond acceptors (Lipinski definition) is 8. The lowest BCUT2D eigenvalue weighted by Crippen LogP contribution is -2.31. The number of sulfonamides is 1. The molecule has 3 heterocycles. The maximum atomic E-state index is 14.2. The van der Waals surface area contributed by atoms with Gasteiger partial charge in [0.15, 0.2) is 0 Å². The molecule has 4 aromatic rings. The molecule has 0 amide bonds. The molecule has 0 saturated heterocycles. The van der Waals surface area contributed by atoms with Crippen molar-refractivity contribution in [2.24, 2.45) is 0 Å². The lowest BCUT2D eigenvalue weighted by Gasteiger charge is -2.26. The largest absolute Gasteiger partial charge is 0.433 e. The molecule has 1 aliphatic heterocycles. The summed E-state index contributed by atoms with van der Waals surface area (Å²) in [6, 6.07) is 13.1. The Morgan fingerprint density at radius 3 is 2.33 bits per heavy atom. The Kier molecular flexibility index (Phi) is 6.62. The number of alkyl halides is 3. The zero-order valence-corrected chi connectivity index (χ0v) is 22.8. The summed E-state index contributed by atoms with van der Waals surface area (Å²) in [5.74, 6) is -0.0667. The minimum Gasteiger partial charge on any atom is -0.381 e. The van der Waals surface area contributed by atoms with Crippen molar-refractivity contribution in [3.05, 3.63) is 77.3 Å². The fraction of sp³-hybridized carbons (Fsp3) is 0.296. The SMILES string of the molecule is CC(C)c1ccc(S(=O)(=O)N2Cc3ccc(C(F)(F)F)nc3Nc3cccc(-c4noc(C(C)(C)O)n4)c32)cc1. The summed E-state index contributed by atoms with van der Waals surface area (Å²) in [4.78, 5) is 8.02. The fourth-order valence-corrected chi connectivity index (χ4v) is 5.76. The van der Waals surface area contributed by atoms with Crippen LogP contribution >= 0.6 is 0 Å². The van der Waals surface area contributed by atoms with Crippen molar-refractivity contribution in [3.8, 4) is 11.4 Å². The molecule has 9 nitrogen and oxygen atoms in total. The second-order valence-corrected chi connectivity index (χ2v) is 12.1. The van der Waals surface area contributed by atoms with E-state index in [4.69, 9.17) is 4.52 Å². The van der Waals surface area contributed by atoms with Crippen LogP contribution in [0.25, 0.3) is 11.4 Å². The van der Waals surface area contributed by atoms with E-state index in [-0.39, 0.29) is 57.4 Å². The summed E-state index contributed by atoms with van der Waals surface area (Å²) in [6.45, 7) is 6.55. The average molecular weight is 574 g/mol. The number of hydrogen-bond donors (Lipinski definition) is 2. The molecule has 0 radical (unpaired) electrons. The summed E-state index contributed by atoms with van der Waals surface area (Å²) in [5.41, 5.74) is -0.945. The third-order valence-electron chi connectivity index (χ3n) is 6.45. The molecule has 0 fully saturated rings. The topological polar surface area (TPSA) is 121 Å². The van der Waals surface area contributed by atoms with E-state index in [1.165, 1.54) is 38.1 Å². The van der Waals surface area contributed by atoms with Crippen LogP contribution in [0.3, 0.4) is 0 Å². The van der Waals surface area contributed by atoms with Gasteiger partial charge in [0.1, 0.15) is 17.1 Å². The lowest BCUT2D eigenvalue weighted by atomic mass is 10.0. The molecule has 13 heteroatoms. The Hall–Kier alpha value is -3.97. The molecule has 0 aliphatic carbocycles. The van der Waals surface area contributed by atoms with E-state index < -0.39 is 27.5 Å². The summed E-state index contributed by atoms with van der Waals surface area (Å²) in [7, 11) is -4.27. The van der Waals surface area contributed by atoms with Crippen LogP contribution in [0.1, 0.15) is 56.3 Å². The minimum atomic E-state index is -4.70. The highest BCUT2D eigenvalue weighted by molar-refractivity contribution is 7.92. The van der Waals surface area contributed by atoms with E-state index in [1.807, 2.05) is 13.8 Å². The average Bonchev–Trinajstić information content (AvgIpc) is 3.32. The first-order valence-corrected chi connectivity index (χ1v) is 13.8. The predicted molar refractivity (Wildman–Crippen MR) is 141 cm³/mol. The highest BCUT2D eigenvalue weighted by Gasteiger charge is 2.37. The van der Waals surface area contributed by atoms with Gasteiger partial charge in [0, 0.05) is 11.1 Å². The minimum absolute atomic E-state index is 0.00809. The Bertz CT molecular complexity index is 1680. The zero-order chi connectivity index (χ0) is 29.0. The molecule has 0 atom stereocenters. The fourth-order valence-electron chi connectivity index (χ4n) is 4.28. The van der Waals surface area contributed by atoms with Gasteiger partial charge in [-0.05, 0) is 55.7 Å². The van der Waals surface area contributed by atoms with Crippen LogP contribution in [-0.4, -0.2) is 28.6 Å². The van der Waals surface area contributed by atoms with Crippen molar-refractivity contribution in [2.75, 3.05) is 9.62 Å². The molecule has 2 N–H and O–H groups in total. The maximum Gasteiger partial charge on any atom is 0.433 e. The molecule has 5 rings (SSSR count). The van der Waals surface area contributed by atoms with Gasteiger partial charge in [-0.1, -0.05) is 43.3 Å². The van der Waals surface area contributed by atoms with E-state index in [9.17, 15) is 26.7 Å². The molecule has 0 bridgehead atoms. The van der Waals surface area contributed by atoms with Crippen molar-refractivity contribution < 1.29 is 31.2 Å². The van der Waals surface area contributed by atoms with Gasteiger partial charge < -0.3 is 14.9 Å². The van der Waals surface area contributed by atoms with Gasteiger partial charge in [-0.25, -0.2) is 13.4 Å². The van der Waals surface area contributed by atoms with E-state index in [1.54, 1.807) is 24.3 Å². The number of pyridine rings is 1. The van der Waals surface area contributed by atoms with Gasteiger partial charge in [-0.2, -0.15) is 18.2 Å². The van der Waals surface area contributed by atoms with E-state index in [0.717, 1.165) is 15.9 Å². The van der Waals surface area contributed by atoms with Crippen LogP contribution in [0, 0.1) is 0 Å². The Balaban J connectivity index is 1.73. The van der Waals surface area contributed by atoms with E-state index >= 15 is 0 Å². The highest BCUT2D eigenvalue weighted by atomic mass is 32.2. The molecule has 2 aromatic carbocycles. The van der Waals surface area contributed by atoms with Gasteiger partial charge in [0.25, 0.3) is 15.9 Å². The molecule has 0 unspecified atom stereocenters. The number of para-hydroxylation sites is 1. The zero-order valence-electron chi connectivity index (χ0n) is 22.0. The first-order chi connectivity index (χ1) is 18.7. The monoisotopic (exact) mass is 573 g/mol. The number of fused-ring (bicyclic) bond motifs is 2. The number of aliphatic hydroxyl groups is 1. The maximum absolute atomic E-state index is 14.2. The van der Waals surface area contributed by atoms with Crippen LogP contribution in [-0.2, 0) is 28.3 Å². The van der Waals surface area contributed by atoms with Crippen molar-refractivity contribution in [1.29, 1.82) is 0 Å². The predicted octanol–water partition coefficient (Wildman–Crippen LogP) is 5.95. The first kappa shape index (κ1) is 27.6. The third kappa shape index (κ3) is 5.02. The number of nitrogens with zero attached hydrogens (tertiary/aromatic N) is 4. The van der Waals surface area contributed by atoms with E-state index in [2.05, 4.69) is 20.4 Å². The number of benzene rings is 2. The first-order valence-electron chi connectivity index (χ1n) is 12.3. The summed E-state index contributed by atoms with van der Waals surface area (Å²) in [5, 5.41) is 17.2. The molecule has 2 aromatic heterocycles. The van der Waals surface area contributed by atoms with Crippen molar-refractivity contribution in [1.82, 2.24) is 15.1 Å². The normalized spacial score (nSPS) is 14.0. The Morgan fingerprint density at radius 1 is 1.02 bits per heavy atom. The standard InChI is InChI=1S/C27H26F3N5O4S/c1-15(2)16-8-11-18(12-9-16)40(37,38)35-14-17-10-13-21(27(28,29)30)32-23(17)31-20-7-5-6-19(22(20)35)24-33-25(39-34-24)26(3,4)36/h5-13,15,36H,14H2,1-4H3,(H,31,32). The van der Waals surface area contributed by atoms with E-state index in [0.29, 0.717) is 0 Å². The number of anilines is 3. The van der Waals surface area contributed by atoms with Crippen LogP contribution in [0.4, 0.5) is 30.4 Å². The molecule has 210 valence electrons. The Morgan fingerprint density at radius 2 is 1.73 bits per heavy atom.